The molecule has 2 aromatic carbocycles. The van der Waals surface area contributed by atoms with Crippen molar-refractivity contribution < 1.29 is 19.0 Å². The van der Waals surface area contributed by atoms with E-state index in [0.29, 0.717) is 49.2 Å². The summed E-state index contributed by atoms with van der Waals surface area (Å²) in [7, 11) is 0. The lowest BCUT2D eigenvalue weighted by Gasteiger charge is -2.23. The molecule has 5 nitrogen and oxygen atoms in total. The molecule has 0 unspecified atom stereocenters. The molecule has 1 aliphatic rings. The summed E-state index contributed by atoms with van der Waals surface area (Å²) in [5.74, 6) is 1.65. The molecular weight excluding hydrogens is 270 g/mol. The van der Waals surface area contributed by atoms with E-state index in [4.69, 9.17) is 14.2 Å². The minimum Gasteiger partial charge on any atom is -0.485 e. The number of hydrogen-bond acceptors (Lipinski definition) is 4. The van der Waals surface area contributed by atoms with Gasteiger partial charge < -0.3 is 19.5 Å². The molecule has 0 saturated heterocycles. The second kappa shape index (κ2) is 6.17. The Morgan fingerprint density at radius 1 is 1.05 bits per heavy atom. The van der Waals surface area contributed by atoms with Crippen molar-refractivity contribution in [2.75, 3.05) is 18.5 Å². The first-order valence-electron chi connectivity index (χ1n) is 6.68. The van der Waals surface area contributed by atoms with E-state index in [1.807, 2.05) is 30.3 Å². The van der Waals surface area contributed by atoms with Crippen LogP contribution in [0.1, 0.15) is 5.56 Å². The fourth-order valence-electron chi connectivity index (χ4n) is 2.14. The zero-order chi connectivity index (χ0) is 14.5. The van der Waals surface area contributed by atoms with Crippen LogP contribution in [0.3, 0.4) is 0 Å². The monoisotopic (exact) mass is 285 g/mol. The highest BCUT2D eigenvalue weighted by atomic mass is 16.6. The lowest BCUT2D eigenvalue weighted by molar-refractivity contribution is -0.105. The summed E-state index contributed by atoms with van der Waals surface area (Å²) >= 11 is 0. The van der Waals surface area contributed by atoms with Crippen LogP contribution in [0.5, 0.6) is 17.2 Å². The van der Waals surface area contributed by atoms with Crippen LogP contribution in [0.25, 0.3) is 0 Å². The summed E-state index contributed by atoms with van der Waals surface area (Å²) in [6.45, 7) is 1.35. The molecule has 2 aromatic rings. The van der Waals surface area contributed by atoms with Gasteiger partial charge in [0.05, 0.1) is 5.69 Å². The zero-order valence-electron chi connectivity index (χ0n) is 11.4. The number of hydrogen-bond donors (Lipinski definition) is 1. The van der Waals surface area contributed by atoms with Crippen LogP contribution in [0, 0.1) is 0 Å². The summed E-state index contributed by atoms with van der Waals surface area (Å²) in [5, 5.41) is 2.60. The molecular formula is C16H15NO4. The summed E-state index contributed by atoms with van der Waals surface area (Å²) in [4.78, 5) is 10.6. The van der Waals surface area contributed by atoms with E-state index < -0.39 is 0 Å². The topological polar surface area (TPSA) is 56.8 Å². The van der Waals surface area contributed by atoms with Crippen molar-refractivity contribution in [2.24, 2.45) is 0 Å². The van der Waals surface area contributed by atoms with Gasteiger partial charge in [-0.15, -0.1) is 0 Å². The average Bonchev–Trinajstić information content (AvgIpc) is 2.55. The number of carbonyl (C=O) groups is 1. The van der Waals surface area contributed by atoms with Crippen molar-refractivity contribution in [1.82, 2.24) is 0 Å². The Bertz CT molecular complexity index is 628. The highest BCUT2D eigenvalue weighted by Crippen LogP contribution is 2.44. The van der Waals surface area contributed by atoms with Gasteiger partial charge in [0.2, 0.25) is 12.2 Å². The highest BCUT2D eigenvalue weighted by molar-refractivity contribution is 5.79. The van der Waals surface area contributed by atoms with Crippen LogP contribution in [0.2, 0.25) is 0 Å². The number of benzene rings is 2. The summed E-state index contributed by atoms with van der Waals surface area (Å²) in [6, 6.07) is 13.4. The molecule has 0 atom stereocenters. The molecule has 1 amide bonds. The molecule has 21 heavy (non-hydrogen) atoms. The second-order valence-corrected chi connectivity index (χ2v) is 4.50. The maximum atomic E-state index is 10.6. The third kappa shape index (κ3) is 2.91. The Labute approximate surface area is 122 Å². The fourth-order valence-corrected chi connectivity index (χ4v) is 2.14. The second-order valence-electron chi connectivity index (χ2n) is 4.50. The van der Waals surface area contributed by atoms with Crippen LogP contribution in [-0.4, -0.2) is 19.6 Å². The van der Waals surface area contributed by atoms with Crippen molar-refractivity contribution >= 4 is 12.1 Å². The van der Waals surface area contributed by atoms with Crippen molar-refractivity contribution in [3.63, 3.8) is 0 Å². The molecule has 1 heterocycles. The Kier molecular flexibility index (Phi) is 3.91. The van der Waals surface area contributed by atoms with Crippen LogP contribution in [-0.2, 0) is 11.4 Å². The highest BCUT2D eigenvalue weighted by Gasteiger charge is 2.21. The van der Waals surface area contributed by atoms with Gasteiger partial charge in [0.25, 0.3) is 0 Å². The van der Waals surface area contributed by atoms with E-state index in [9.17, 15) is 4.79 Å². The molecule has 1 aliphatic heterocycles. The number of nitrogens with one attached hydrogen (secondary N) is 1. The molecule has 0 fully saturated rings. The van der Waals surface area contributed by atoms with Gasteiger partial charge in [-0.3, -0.25) is 4.79 Å². The SMILES string of the molecule is O=CNc1ccc(OCc2ccccc2)c2c1OCCO2. The first kappa shape index (κ1) is 13.3. The molecule has 0 spiro atoms. The van der Waals surface area contributed by atoms with Gasteiger partial charge in [-0.2, -0.15) is 0 Å². The van der Waals surface area contributed by atoms with Crippen LogP contribution < -0.4 is 19.5 Å². The Morgan fingerprint density at radius 3 is 2.57 bits per heavy atom. The third-order valence-electron chi connectivity index (χ3n) is 3.10. The first-order valence-corrected chi connectivity index (χ1v) is 6.68. The maximum absolute atomic E-state index is 10.6. The lowest BCUT2D eigenvalue weighted by Crippen LogP contribution is -2.17. The van der Waals surface area contributed by atoms with Gasteiger partial charge in [-0.1, -0.05) is 30.3 Å². The van der Waals surface area contributed by atoms with Crippen LogP contribution in [0.4, 0.5) is 5.69 Å². The number of fused-ring (bicyclic) bond motifs is 1. The molecule has 0 bridgehead atoms. The third-order valence-corrected chi connectivity index (χ3v) is 3.10. The van der Waals surface area contributed by atoms with E-state index in [-0.39, 0.29) is 0 Å². The normalized spacial score (nSPS) is 12.6. The number of rotatable bonds is 5. The number of anilines is 1. The van der Waals surface area contributed by atoms with E-state index in [2.05, 4.69) is 5.32 Å². The van der Waals surface area contributed by atoms with Gasteiger partial charge >= 0.3 is 0 Å². The minimum absolute atomic E-state index is 0.442. The molecule has 0 saturated carbocycles. The summed E-state index contributed by atoms with van der Waals surface area (Å²) < 4.78 is 17.0. The van der Waals surface area contributed by atoms with Crippen LogP contribution >= 0.6 is 0 Å². The molecule has 0 aromatic heterocycles. The Morgan fingerprint density at radius 2 is 1.81 bits per heavy atom. The number of ether oxygens (including phenoxy) is 3. The molecule has 1 N–H and O–H groups in total. The maximum Gasteiger partial charge on any atom is 0.211 e. The summed E-state index contributed by atoms with van der Waals surface area (Å²) in [6.07, 6.45) is 0.609. The molecule has 0 radical (unpaired) electrons. The van der Waals surface area contributed by atoms with Crippen molar-refractivity contribution in [3.8, 4) is 17.2 Å². The van der Waals surface area contributed by atoms with E-state index in [0.717, 1.165) is 5.56 Å². The molecule has 0 aliphatic carbocycles. The average molecular weight is 285 g/mol. The smallest absolute Gasteiger partial charge is 0.211 e. The van der Waals surface area contributed by atoms with Crippen molar-refractivity contribution in [2.45, 2.75) is 6.61 Å². The predicted octanol–water partition coefficient (Wildman–Crippen LogP) is 2.61. The fraction of sp³-hybridized carbons (Fsp3) is 0.188. The van der Waals surface area contributed by atoms with Gasteiger partial charge in [-0.05, 0) is 17.7 Å². The van der Waals surface area contributed by atoms with E-state index in [1.54, 1.807) is 12.1 Å². The lowest BCUT2D eigenvalue weighted by atomic mass is 10.2. The predicted molar refractivity (Wildman–Crippen MR) is 77.9 cm³/mol. The van der Waals surface area contributed by atoms with Crippen molar-refractivity contribution in [3.05, 3.63) is 48.0 Å². The molecule has 5 heteroatoms. The van der Waals surface area contributed by atoms with Gasteiger partial charge in [0.1, 0.15) is 19.8 Å². The van der Waals surface area contributed by atoms with Crippen LogP contribution in [0.15, 0.2) is 42.5 Å². The van der Waals surface area contributed by atoms with E-state index in [1.165, 1.54) is 0 Å². The summed E-state index contributed by atoms with van der Waals surface area (Å²) in [5.41, 5.74) is 1.64. The first-order chi connectivity index (χ1) is 10.4. The van der Waals surface area contributed by atoms with Gasteiger partial charge in [0, 0.05) is 0 Å². The number of amides is 1. The van der Waals surface area contributed by atoms with Gasteiger partial charge in [-0.25, -0.2) is 0 Å². The Hall–Kier alpha value is -2.69. The standard InChI is InChI=1S/C16H15NO4/c18-11-17-13-6-7-14(16-15(13)19-8-9-20-16)21-10-12-4-2-1-3-5-12/h1-7,11H,8-10H2,(H,17,18). The van der Waals surface area contributed by atoms with E-state index >= 15 is 0 Å². The molecule has 3 rings (SSSR count). The quantitative estimate of drug-likeness (QED) is 0.858. The molecule has 108 valence electrons. The number of carbonyl (C=O) groups excluding carboxylic acids is 1. The largest absolute Gasteiger partial charge is 0.485 e. The minimum atomic E-state index is 0.442. The Balaban J connectivity index is 1.83. The van der Waals surface area contributed by atoms with Crippen molar-refractivity contribution in [1.29, 1.82) is 0 Å². The van der Waals surface area contributed by atoms with Gasteiger partial charge in [0.15, 0.2) is 11.5 Å². The zero-order valence-corrected chi connectivity index (χ0v) is 11.4.